The summed E-state index contributed by atoms with van der Waals surface area (Å²) in [5.41, 5.74) is 2.91. The van der Waals surface area contributed by atoms with E-state index in [2.05, 4.69) is 21.2 Å². The molecule has 3 N–H and O–H groups in total. The van der Waals surface area contributed by atoms with Crippen molar-refractivity contribution < 1.29 is 14.4 Å². The summed E-state index contributed by atoms with van der Waals surface area (Å²) in [5.74, 6) is -2.04. The van der Waals surface area contributed by atoms with Crippen LogP contribution in [-0.4, -0.2) is 29.5 Å². The van der Waals surface area contributed by atoms with E-state index in [1.54, 1.807) is 32.9 Å². The molecule has 0 radical (unpaired) electrons. The summed E-state index contributed by atoms with van der Waals surface area (Å²) in [6, 6.07) is 4.53. The Morgan fingerprint density at radius 2 is 1.79 bits per heavy atom. The Labute approximate surface area is 149 Å². The van der Waals surface area contributed by atoms with Crippen LogP contribution in [0.5, 0.6) is 0 Å². The number of amides is 3. The standard InChI is InChI=1S/C15H18Cl2N4O3/c1-8(2)18-14(23)15(24)21-20-9(3)6-13(22)19-10-4-5-11(16)12(17)7-10/h4-5,7-8H,6H2,1-3H3,(H,18,23)(H,19,22)(H,21,24)/b20-9+. The highest BCUT2D eigenvalue weighted by atomic mass is 35.5. The minimum Gasteiger partial charge on any atom is -0.346 e. The van der Waals surface area contributed by atoms with Crippen LogP contribution in [0, 0.1) is 0 Å². The number of hydrogen-bond donors (Lipinski definition) is 3. The monoisotopic (exact) mass is 372 g/mol. The molecule has 0 fully saturated rings. The largest absolute Gasteiger partial charge is 0.346 e. The molecule has 0 aliphatic rings. The zero-order valence-corrected chi connectivity index (χ0v) is 15.0. The van der Waals surface area contributed by atoms with Crippen LogP contribution in [0.4, 0.5) is 5.69 Å². The Morgan fingerprint density at radius 1 is 1.12 bits per heavy atom. The van der Waals surface area contributed by atoms with Crippen molar-refractivity contribution in [2.45, 2.75) is 33.2 Å². The number of carbonyl (C=O) groups is 3. The third-order valence-electron chi connectivity index (χ3n) is 2.59. The molecule has 0 saturated heterocycles. The summed E-state index contributed by atoms with van der Waals surface area (Å²) >= 11 is 11.7. The van der Waals surface area contributed by atoms with Crippen LogP contribution in [0.15, 0.2) is 23.3 Å². The van der Waals surface area contributed by atoms with Gasteiger partial charge in [0.2, 0.25) is 5.91 Å². The van der Waals surface area contributed by atoms with Gasteiger partial charge in [0.1, 0.15) is 0 Å². The van der Waals surface area contributed by atoms with Gasteiger partial charge in [0, 0.05) is 17.4 Å². The van der Waals surface area contributed by atoms with Crippen molar-refractivity contribution in [1.29, 1.82) is 0 Å². The quantitative estimate of drug-likeness (QED) is 0.420. The fraction of sp³-hybridized carbons (Fsp3) is 0.333. The van der Waals surface area contributed by atoms with E-state index in [1.165, 1.54) is 6.07 Å². The molecule has 0 aliphatic carbocycles. The van der Waals surface area contributed by atoms with E-state index in [1.807, 2.05) is 0 Å². The summed E-state index contributed by atoms with van der Waals surface area (Å²) in [6.07, 6.45) is -0.0632. The van der Waals surface area contributed by atoms with Crippen molar-refractivity contribution in [3.63, 3.8) is 0 Å². The molecular formula is C15H18Cl2N4O3. The highest BCUT2D eigenvalue weighted by Gasteiger charge is 2.14. The number of anilines is 1. The molecule has 0 atom stereocenters. The van der Waals surface area contributed by atoms with Gasteiger partial charge in [-0.1, -0.05) is 23.2 Å². The minimum absolute atomic E-state index is 0.0632. The number of nitrogens with zero attached hydrogens (tertiary/aromatic N) is 1. The highest BCUT2D eigenvalue weighted by molar-refractivity contribution is 6.42. The van der Waals surface area contributed by atoms with Gasteiger partial charge in [0.25, 0.3) is 0 Å². The van der Waals surface area contributed by atoms with Crippen LogP contribution in [0.2, 0.25) is 10.0 Å². The lowest BCUT2D eigenvalue weighted by atomic mass is 10.2. The fourth-order valence-corrected chi connectivity index (χ4v) is 1.87. The fourth-order valence-electron chi connectivity index (χ4n) is 1.58. The predicted molar refractivity (Wildman–Crippen MR) is 94.2 cm³/mol. The average molecular weight is 373 g/mol. The lowest BCUT2D eigenvalue weighted by Crippen LogP contribution is -2.41. The second kappa shape index (κ2) is 9.24. The predicted octanol–water partition coefficient (Wildman–Crippen LogP) is 2.34. The minimum atomic E-state index is -0.895. The van der Waals surface area contributed by atoms with Crippen LogP contribution in [-0.2, 0) is 14.4 Å². The number of halogens is 2. The smallest absolute Gasteiger partial charge is 0.329 e. The van der Waals surface area contributed by atoms with Gasteiger partial charge in [-0.2, -0.15) is 5.10 Å². The first-order valence-electron chi connectivity index (χ1n) is 7.08. The topological polar surface area (TPSA) is 99.7 Å². The van der Waals surface area contributed by atoms with Crippen molar-refractivity contribution in [3.8, 4) is 0 Å². The van der Waals surface area contributed by atoms with Crippen molar-refractivity contribution in [3.05, 3.63) is 28.2 Å². The van der Waals surface area contributed by atoms with Gasteiger partial charge in [-0.15, -0.1) is 0 Å². The van der Waals surface area contributed by atoms with Gasteiger partial charge in [0.15, 0.2) is 0 Å². The van der Waals surface area contributed by atoms with E-state index in [9.17, 15) is 14.4 Å². The number of carbonyl (C=O) groups excluding carboxylic acids is 3. The van der Waals surface area contributed by atoms with E-state index in [4.69, 9.17) is 23.2 Å². The third kappa shape index (κ3) is 6.97. The van der Waals surface area contributed by atoms with Gasteiger partial charge >= 0.3 is 11.8 Å². The maximum Gasteiger partial charge on any atom is 0.329 e. The molecule has 0 heterocycles. The van der Waals surface area contributed by atoms with Crippen LogP contribution >= 0.6 is 23.2 Å². The molecule has 0 aromatic heterocycles. The number of nitrogens with one attached hydrogen (secondary N) is 3. The molecule has 130 valence electrons. The van der Waals surface area contributed by atoms with Crippen LogP contribution in [0.1, 0.15) is 27.2 Å². The maximum absolute atomic E-state index is 11.9. The number of hydrazone groups is 1. The molecule has 7 nitrogen and oxygen atoms in total. The number of benzene rings is 1. The van der Waals surface area contributed by atoms with Crippen molar-refractivity contribution in [2.75, 3.05) is 5.32 Å². The summed E-state index contributed by atoms with van der Waals surface area (Å²) in [5, 5.41) is 9.47. The normalized spacial score (nSPS) is 11.2. The first-order chi connectivity index (χ1) is 11.2. The summed E-state index contributed by atoms with van der Waals surface area (Å²) in [6.45, 7) is 5.01. The van der Waals surface area contributed by atoms with Gasteiger partial charge in [-0.3, -0.25) is 14.4 Å². The first kappa shape index (κ1) is 19.9. The van der Waals surface area contributed by atoms with Crippen molar-refractivity contribution in [2.24, 2.45) is 5.10 Å². The van der Waals surface area contributed by atoms with Crippen molar-refractivity contribution >= 4 is 52.3 Å². The van der Waals surface area contributed by atoms with Crippen LogP contribution in [0.25, 0.3) is 0 Å². The molecule has 24 heavy (non-hydrogen) atoms. The Morgan fingerprint density at radius 3 is 2.38 bits per heavy atom. The van der Waals surface area contributed by atoms with E-state index >= 15 is 0 Å². The highest BCUT2D eigenvalue weighted by Crippen LogP contribution is 2.24. The molecule has 1 aromatic carbocycles. The Balaban J connectivity index is 2.52. The Hall–Kier alpha value is -2.12. The molecular weight excluding hydrogens is 355 g/mol. The second-order valence-corrected chi connectivity index (χ2v) is 6.08. The maximum atomic E-state index is 11.9. The summed E-state index contributed by atoms with van der Waals surface area (Å²) in [7, 11) is 0. The van der Waals surface area contributed by atoms with Crippen molar-refractivity contribution in [1.82, 2.24) is 10.7 Å². The molecule has 0 bridgehead atoms. The van der Waals surface area contributed by atoms with Crippen LogP contribution in [0.3, 0.4) is 0 Å². The average Bonchev–Trinajstić information content (AvgIpc) is 2.47. The zero-order valence-electron chi connectivity index (χ0n) is 13.4. The first-order valence-corrected chi connectivity index (χ1v) is 7.83. The lowest BCUT2D eigenvalue weighted by molar-refractivity contribution is -0.139. The molecule has 0 aliphatic heterocycles. The molecule has 0 spiro atoms. The van der Waals surface area contributed by atoms with Crippen LogP contribution < -0.4 is 16.1 Å². The zero-order chi connectivity index (χ0) is 18.3. The van der Waals surface area contributed by atoms with Gasteiger partial charge in [0.05, 0.1) is 16.5 Å². The van der Waals surface area contributed by atoms with Gasteiger partial charge < -0.3 is 10.6 Å². The summed E-state index contributed by atoms with van der Waals surface area (Å²) in [4.78, 5) is 34.7. The van der Waals surface area contributed by atoms with Gasteiger partial charge in [-0.05, 0) is 39.0 Å². The third-order valence-corrected chi connectivity index (χ3v) is 3.33. The lowest BCUT2D eigenvalue weighted by Gasteiger charge is -2.08. The Bertz CT molecular complexity index is 675. The molecule has 0 unspecified atom stereocenters. The Kier molecular flexibility index (Phi) is 7.67. The molecule has 1 rings (SSSR count). The van der Waals surface area contributed by atoms with Gasteiger partial charge in [-0.25, -0.2) is 5.43 Å². The number of rotatable bonds is 5. The molecule has 9 heteroatoms. The van der Waals surface area contributed by atoms with E-state index in [0.29, 0.717) is 21.4 Å². The molecule has 1 aromatic rings. The second-order valence-electron chi connectivity index (χ2n) is 5.27. The SMILES string of the molecule is C/C(CC(=O)Nc1ccc(Cl)c(Cl)c1)=N\NC(=O)C(=O)NC(C)C. The van der Waals surface area contributed by atoms with E-state index < -0.39 is 11.8 Å². The van der Waals surface area contributed by atoms with E-state index in [0.717, 1.165) is 0 Å². The molecule has 0 saturated carbocycles. The summed E-state index contributed by atoms with van der Waals surface area (Å²) < 4.78 is 0. The number of hydrogen-bond acceptors (Lipinski definition) is 4. The molecule has 3 amide bonds. The van der Waals surface area contributed by atoms with E-state index in [-0.39, 0.29) is 18.4 Å².